The van der Waals surface area contributed by atoms with E-state index < -0.39 is 0 Å². The Balaban J connectivity index is 2.39. The smallest absolute Gasteiger partial charge is 0.156 e. The van der Waals surface area contributed by atoms with Gasteiger partial charge >= 0.3 is 0 Å². The molecule has 2 rings (SSSR count). The van der Waals surface area contributed by atoms with Crippen LogP contribution in [0.3, 0.4) is 0 Å². The molecule has 0 saturated carbocycles. The maximum atomic E-state index is 6.03. The molecular weight excluding hydrogens is 267 g/mol. The van der Waals surface area contributed by atoms with Gasteiger partial charge < -0.3 is 5.32 Å². The highest BCUT2D eigenvalue weighted by Gasteiger charge is 2.17. The Morgan fingerprint density at radius 3 is 3.07 bits per heavy atom. The molecule has 1 atom stereocenters. The third-order valence-electron chi connectivity index (χ3n) is 2.13. The normalized spacial score (nSPS) is 22.2. The van der Waals surface area contributed by atoms with Crippen LogP contribution in [0.5, 0.6) is 0 Å². The number of nitrogens with zero attached hydrogens (tertiary/aromatic N) is 3. The summed E-state index contributed by atoms with van der Waals surface area (Å²) < 4.78 is 2.51. The molecule has 0 bridgehead atoms. The molecule has 1 aliphatic heterocycles. The molecule has 0 saturated heterocycles. The van der Waals surface area contributed by atoms with E-state index >= 15 is 0 Å². The summed E-state index contributed by atoms with van der Waals surface area (Å²) >= 11 is 9.40. The molecule has 0 fully saturated rings. The fourth-order valence-corrected chi connectivity index (χ4v) is 2.36. The molecule has 2 heterocycles. The highest BCUT2D eigenvalue weighted by molar-refractivity contribution is 9.10. The highest BCUT2D eigenvalue weighted by atomic mass is 79.9. The van der Waals surface area contributed by atoms with Gasteiger partial charge in [-0.25, -0.2) is 4.68 Å². The predicted octanol–water partition coefficient (Wildman–Crippen LogP) is 1.17. The summed E-state index contributed by atoms with van der Waals surface area (Å²) in [6.45, 7) is 1.62. The van der Waals surface area contributed by atoms with E-state index in [0.29, 0.717) is 0 Å². The third-order valence-corrected chi connectivity index (χ3v) is 2.94. The van der Waals surface area contributed by atoms with E-state index in [0.717, 1.165) is 29.0 Å². The average Bonchev–Trinajstić information content (AvgIpc) is 2.46. The van der Waals surface area contributed by atoms with Gasteiger partial charge in [0.15, 0.2) is 4.60 Å². The lowest BCUT2D eigenvalue weighted by Gasteiger charge is -2.17. The second kappa shape index (κ2) is 4.00. The van der Waals surface area contributed by atoms with Gasteiger partial charge in [-0.05, 0) is 21.5 Å². The summed E-state index contributed by atoms with van der Waals surface area (Å²) in [5.74, 6) is 0. The van der Waals surface area contributed by atoms with Gasteiger partial charge in [-0.2, -0.15) is 0 Å². The Hall–Kier alpha value is -0.390. The first kappa shape index (κ1) is 10.1. The van der Waals surface area contributed by atoms with Crippen LogP contribution in [-0.2, 0) is 7.05 Å². The van der Waals surface area contributed by atoms with E-state index in [1.807, 2.05) is 13.1 Å². The van der Waals surface area contributed by atoms with Gasteiger partial charge in [0.25, 0.3) is 0 Å². The maximum absolute atomic E-state index is 6.03. The fraction of sp³-hybridized carbons (Fsp3) is 0.500. The summed E-state index contributed by atoms with van der Waals surface area (Å²) in [6.07, 6.45) is 2.04. The Morgan fingerprint density at radius 1 is 1.71 bits per heavy atom. The first-order valence-electron chi connectivity index (χ1n) is 4.29. The fourth-order valence-electron chi connectivity index (χ4n) is 1.52. The van der Waals surface area contributed by atoms with E-state index in [1.54, 1.807) is 4.68 Å². The largest absolute Gasteiger partial charge is 0.311 e. The van der Waals surface area contributed by atoms with Gasteiger partial charge in [0, 0.05) is 20.1 Å². The van der Waals surface area contributed by atoms with Gasteiger partial charge in [0.2, 0.25) is 0 Å². The van der Waals surface area contributed by atoms with Crippen LogP contribution in [-0.4, -0.2) is 33.5 Å². The summed E-state index contributed by atoms with van der Waals surface area (Å²) in [6, 6.07) is 0. The highest BCUT2D eigenvalue weighted by Crippen LogP contribution is 2.23. The van der Waals surface area contributed by atoms with Gasteiger partial charge in [-0.3, -0.25) is 0 Å². The molecule has 0 radical (unpaired) electrons. The molecule has 0 aromatic carbocycles. The van der Waals surface area contributed by atoms with Gasteiger partial charge in [-0.1, -0.05) is 11.3 Å². The lowest BCUT2D eigenvalue weighted by molar-refractivity contribution is 0.692. The Labute approximate surface area is 95.4 Å². The number of nitrogens with one attached hydrogen (secondary N) is 1. The molecule has 0 aliphatic carbocycles. The van der Waals surface area contributed by atoms with Crippen LogP contribution in [0.15, 0.2) is 10.7 Å². The monoisotopic (exact) mass is 276 g/mol. The molecular formula is C8H10BrClN4. The SMILES string of the molecule is Cn1nnc(Br)c1C1=CC(Cl)CNC1. The quantitative estimate of drug-likeness (QED) is 0.784. The van der Waals surface area contributed by atoms with Crippen molar-refractivity contribution >= 4 is 33.1 Å². The lowest BCUT2D eigenvalue weighted by Crippen LogP contribution is -2.29. The number of hydrogen-bond donors (Lipinski definition) is 1. The summed E-state index contributed by atoms with van der Waals surface area (Å²) in [5, 5.41) is 11.1. The van der Waals surface area contributed by atoms with Crippen LogP contribution < -0.4 is 5.32 Å². The molecule has 1 aliphatic rings. The van der Waals surface area contributed by atoms with Crippen molar-refractivity contribution in [2.75, 3.05) is 13.1 Å². The molecule has 1 aromatic rings. The molecule has 6 heteroatoms. The Bertz CT molecular complexity index is 354. The van der Waals surface area contributed by atoms with Crippen LogP contribution in [0.2, 0.25) is 0 Å². The number of rotatable bonds is 1. The summed E-state index contributed by atoms with van der Waals surface area (Å²) in [5.41, 5.74) is 2.12. The molecule has 4 nitrogen and oxygen atoms in total. The summed E-state index contributed by atoms with van der Waals surface area (Å²) in [4.78, 5) is 0. The van der Waals surface area contributed by atoms with Gasteiger partial charge in [-0.15, -0.1) is 16.7 Å². The van der Waals surface area contributed by atoms with Crippen LogP contribution >= 0.6 is 27.5 Å². The van der Waals surface area contributed by atoms with E-state index in [1.165, 1.54) is 0 Å². The van der Waals surface area contributed by atoms with Crippen molar-refractivity contribution in [3.63, 3.8) is 0 Å². The Kier molecular flexibility index (Phi) is 2.90. The molecule has 1 unspecified atom stereocenters. The number of aryl methyl sites for hydroxylation is 1. The van der Waals surface area contributed by atoms with Crippen molar-refractivity contribution < 1.29 is 0 Å². The zero-order chi connectivity index (χ0) is 10.1. The minimum Gasteiger partial charge on any atom is -0.311 e. The predicted molar refractivity (Wildman–Crippen MR) is 59.2 cm³/mol. The van der Waals surface area contributed by atoms with Crippen molar-refractivity contribution in [3.05, 3.63) is 16.4 Å². The van der Waals surface area contributed by atoms with Crippen molar-refractivity contribution in [3.8, 4) is 0 Å². The minimum absolute atomic E-state index is 0.0422. The Morgan fingerprint density at radius 2 is 2.50 bits per heavy atom. The van der Waals surface area contributed by atoms with Crippen molar-refractivity contribution in [1.29, 1.82) is 0 Å². The molecule has 76 valence electrons. The zero-order valence-corrected chi connectivity index (χ0v) is 10.0. The lowest BCUT2D eigenvalue weighted by atomic mass is 10.1. The van der Waals surface area contributed by atoms with Gasteiger partial charge in [0.05, 0.1) is 11.1 Å². The zero-order valence-electron chi connectivity index (χ0n) is 7.67. The first-order chi connectivity index (χ1) is 6.68. The second-order valence-electron chi connectivity index (χ2n) is 3.19. The molecule has 14 heavy (non-hydrogen) atoms. The van der Waals surface area contributed by atoms with E-state index in [2.05, 4.69) is 31.6 Å². The number of alkyl halides is 1. The third kappa shape index (κ3) is 1.85. The van der Waals surface area contributed by atoms with Gasteiger partial charge in [0.1, 0.15) is 0 Å². The van der Waals surface area contributed by atoms with E-state index in [9.17, 15) is 0 Å². The molecule has 1 N–H and O–H groups in total. The summed E-state index contributed by atoms with van der Waals surface area (Å²) in [7, 11) is 1.87. The molecule has 0 amide bonds. The maximum Gasteiger partial charge on any atom is 0.156 e. The minimum atomic E-state index is 0.0422. The van der Waals surface area contributed by atoms with Crippen molar-refractivity contribution in [1.82, 2.24) is 20.3 Å². The average molecular weight is 278 g/mol. The molecule has 0 spiro atoms. The van der Waals surface area contributed by atoms with Crippen LogP contribution in [0.4, 0.5) is 0 Å². The topological polar surface area (TPSA) is 42.7 Å². The van der Waals surface area contributed by atoms with E-state index in [4.69, 9.17) is 11.6 Å². The standard InChI is InChI=1S/C8H10BrClN4/c1-14-7(8(9)12-13-14)5-2-6(10)4-11-3-5/h2,6,11H,3-4H2,1H3. The van der Waals surface area contributed by atoms with Crippen LogP contribution in [0, 0.1) is 0 Å². The number of aromatic nitrogens is 3. The van der Waals surface area contributed by atoms with Crippen LogP contribution in [0.25, 0.3) is 5.57 Å². The number of hydrogen-bond acceptors (Lipinski definition) is 3. The first-order valence-corrected chi connectivity index (χ1v) is 5.52. The van der Waals surface area contributed by atoms with Crippen molar-refractivity contribution in [2.45, 2.75) is 5.38 Å². The number of halogens is 2. The second-order valence-corrected chi connectivity index (χ2v) is 4.50. The van der Waals surface area contributed by atoms with Crippen LogP contribution in [0.1, 0.15) is 5.69 Å². The van der Waals surface area contributed by atoms with E-state index in [-0.39, 0.29) is 5.38 Å². The van der Waals surface area contributed by atoms with Crippen molar-refractivity contribution in [2.24, 2.45) is 7.05 Å². The molecule has 1 aromatic heterocycles.